The highest BCUT2D eigenvalue weighted by molar-refractivity contribution is 6.30. The van der Waals surface area contributed by atoms with Gasteiger partial charge in [-0.2, -0.15) is 0 Å². The van der Waals surface area contributed by atoms with E-state index in [-0.39, 0.29) is 17.0 Å². The van der Waals surface area contributed by atoms with E-state index in [0.717, 1.165) is 30.4 Å². The lowest BCUT2D eigenvalue weighted by Crippen LogP contribution is -2.37. The summed E-state index contributed by atoms with van der Waals surface area (Å²) in [6.07, 6.45) is 6.06. The van der Waals surface area contributed by atoms with E-state index < -0.39 is 6.04 Å². The summed E-state index contributed by atoms with van der Waals surface area (Å²) in [6.45, 7) is 0.468. The van der Waals surface area contributed by atoms with Crippen LogP contribution in [0.2, 0.25) is 5.15 Å². The molecule has 29 heavy (non-hydrogen) atoms. The predicted molar refractivity (Wildman–Crippen MR) is 112 cm³/mol. The molecule has 1 N–H and O–H groups in total. The number of hydrogen-bond donors (Lipinski definition) is 1. The topological polar surface area (TPSA) is 64.1 Å². The van der Waals surface area contributed by atoms with E-state index >= 15 is 0 Å². The number of benzene rings is 2. The molecule has 1 fully saturated rings. The highest BCUT2D eigenvalue weighted by Gasteiger charge is 2.29. The molecule has 1 aliphatic carbocycles. The molecule has 148 valence electrons. The molecule has 1 heterocycles. The van der Waals surface area contributed by atoms with Gasteiger partial charge in [0.15, 0.2) is 5.15 Å². The lowest BCUT2D eigenvalue weighted by Gasteiger charge is -2.27. The molecule has 0 radical (unpaired) electrons. The Morgan fingerprint density at radius 1 is 1.10 bits per heavy atom. The van der Waals surface area contributed by atoms with Crippen LogP contribution in [-0.4, -0.2) is 15.9 Å². The molecule has 1 unspecified atom stereocenters. The number of aromatic nitrogens is 2. The lowest BCUT2D eigenvalue weighted by molar-refractivity contribution is -0.127. The third-order valence-electron chi connectivity index (χ3n) is 5.16. The van der Waals surface area contributed by atoms with Gasteiger partial charge < -0.3 is 10.1 Å². The fourth-order valence-corrected chi connectivity index (χ4v) is 3.50. The van der Waals surface area contributed by atoms with Crippen LogP contribution in [0.3, 0.4) is 0 Å². The van der Waals surface area contributed by atoms with E-state index in [1.165, 1.54) is 6.20 Å². The van der Waals surface area contributed by atoms with Gasteiger partial charge in [-0.25, -0.2) is 4.98 Å². The Labute approximate surface area is 175 Å². The van der Waals surface area contributed by atoms with Crippen LogP contribution in [0.4, 0.5) is 0 Å². The number of nitrogens with zero attached hydrogens (tertiary/aromatic N) is 2. The number of nitrogens with one attached hydrogen (secondary N) is 1. The minimum atomic E-state index is -0.482. The monoisotopic (exact) mass is 407 g/mol. The standard InChI is InChI=1S/C23H22ClN3O2/c24-22-21(25-12-13-26-22)20(27-23(28)17-8-4-9-17)18-10-5-11-19(14-18)29-15-16-6-2-1-3-7-16/h1-3,5-7,10-14,17,20H,4,8-9,15H2,(H,27,28). The number of ether oxygens (including phenoxy) is 1. The smallest absolute Gasteiger partial charge is 0.223 e. The minimum absolute atomic E-state index is 0.0265. The molecule has 1 aromatic heterocycles. The number of hydrogen-bond acceptors (Lipinski definition) is 4. The number of rotatable bonds is 7. The molecule has 1 aliphatic rings. The Bertz CT molecular complexity index is 977. The maximum Gasteiger partial charge on any atom is 0.223 e. The van der Waals surface area contributed by atoms with E-state index in [0.29, 0.717) is 18.1 Å². The third kappa shape index (κ3) is 4.74. The Kier molecular flexibility index (Phi) is 6.06. The molecule has 3 aromatic rings. The van der Waals surface area contributed by atoms with E-state index in [1.54, 1.807) is 6.20 Å². The molecular formula is C23H22ClN3O2. The molecular weight excluding hydrogens is 386 g/mol. The SMILES string of the molecule is O=C(NC(c1cccc(OCc2ccccc2)c1)c1nccnc1Cl)C1CCC1. The summed E-state index contributed by atoms with van der Waals surface area (Å²) in [4.78, 5) is 21.2. The molecule has 0 aliphatic heterocycles. The Balaban J connectivity index is 1.58. The summed E-state index contributed by atoms with van der Waals surface area (Å²) >= 11 is 6.30. The second-order valence-electron chi connectivity index (χ2n) is 7.15. The summed E-state index contributed by atoms with van der Waals surface area (Å²) < 4.78 is 5.95. The predicted octanol–water partition coefficient (Wildman–Crippen LogP) is 4.71. The summed E-state index contributed by atoms with van der Waals surface area (Å²) in [5.41, 5.74) is 2.47. The maximum atomic E-state index is 12.7. The van der Waals surface area contributed by atoms with Crippen LogP contribution >= 0.6 is 11.6 Å². The molecule has 2 aromatic carbocycles. The molecule has 1 atom stereocenters. The van der Waals surface area contributed by atoms with Gasteiger partial charge in [0, 0.05) is 18.3 Å². The Morgan fingerprint density at radius 3 is 2.62 bits per heavy atom. The Hall–Kier alpha value is -2.92. The zero-order valence-corrected chi connectivity index (χ0v) is 16.7. The van der Waals surface area contributed by atoms with Crippen molar-refractivity contribution in [2.45, 2.75) is 31.9 Å². The molecule has 1 amide bonds. The quantitative estimate of drug-likeness (QED) is 0.615. The Morgan fingerprint density at radius 2 is 1.90 bits per heavy atom. The number of halogens is 1. The van der Waals surface area contributed by atoms with E-state index in [9.17, 15) is 4.79 Å². The van der Waals surface area contributed by atoms with Crippen molar-refractivity contribution in [3.63, 3.8) is 0 Å². The van der Waals surface area contributed by atoms with Crippen molar-refractivity contribution in [2.75, 3.05) is 0 Å². The maximum absolute atomic E-state index is 12.7. The van der Waals surface area contributed by atoms with Gasteiger partial charge in [-0.1, -0.05) is 60.5 Å². The average molecular weight is 408 g/mol. The van der Waals surface area contributed by atoms with Crippen molar-refractivity contribution in [3.05, 3.63) is 89.0 Å². The van der Waals surface area contributed by atoms with Gasteiger partial charge in [-0.05, 0) is 36.1 Å². The fourth-order valence-electron chi connectivity index (χ4n) is 3.29. The molecule has 1 saturated carbocycles. The highest BCUT2D eigenvalue weighted by Crippen LogP contribution is 2.31. The fraction of sp³-hybridized carbons (Fsp3) is 0.261. The van der Waals surface area contributed by atoms with Crippen LogP contribution < -0.4 is 10.1 Å². The molecule has 6 heteroatoms. The number of amides is 1. The van der Waals surface area contributed by atoms with Crippen molar-refractivity contribution < 1.29 is 9.53 Å². The normalized spacial score (nSPS) is 14.7. The highest BCUT2D eigenvalue weighted by atomic mass is 35.5. The molecule has 0 saturated heterocycles. The van der Waals surface area contributed by atoms with Gasteiger partial charge in [0.25, 0.3) is 0 Å². The van der Waals surface area contributed by atoms with Crippen molar-refractivity contribution >= 4 is 17.5 Å². The van der Waals surface area contributed by atoms with Gasteiger partial charge in [0.2, 0.25) is 5.91 Å². The second kappa shape index (κ2) is 9.05. The molecule has 5 nitrogen and oxygen atoms in total. The number of carbonyl (C=O) groups is 1. The van der Waals surface area contributed by atoms with Gasteiger partial charge in [0.1, 0.15) is 18.1 Å². The van der Waals surface area contributed by atoms with E-state index in [2.05, 4.69) is 15.3 Å². The third-order valence-corrected chi connectivity index (χ3v) is 5.45. The summed E-state index contributed by atoms with van der Waals surface area (Å²) in [5, 5.41) is 3.39. The first-order valence-corrected chi connectivity index (χ1v) is 10.1. The van der Waals surface area contributed by atoms with E-state index in [4.69, 9.17) is 16.3 Å². The van der Waals surface area contributed by atoms with Gasteiger partial charge in [-0.3, -0.25) is 9.78 Å². The van der Waals surface area contributed by atoms with Crippen LogP contribution in [0.1, 0.15) is 42.1 Å². The number of carbonyl (C=O) groups excluding carboxylic acids is 1. The van der Waals surface area contributed by atoms with Gasteiger partial charge in [0.05, 0.1) is 6.04 Å². The largest absolute Gasteiger partial charge is 0.489 e. The van der Waals surface area contributed by atoms with Crippen LogP contribution in [0.15, 0.2) is 67.0 Å². The zero-order valence-electron chi connectivity index (χ0n) is 15.9. The zero-order chi connectivity index (χ0) is 20.1. The van der Waals surface area contributed by atoms with Gasteiger partial charge >= 0.3 is 0 Å². The average Bonchev–Trinajstić information content (AvgIpc) is 2.71. The van der Waals surface area contributed by atoms with E-state index in [1.807, 2.05) is 54.6 Å². The van der Waals surface area contributed by atoms with Crippen LogP contribution in [0.5, 0.6) is 5.75 Å². The molecule has 0 bridgehead atoms. The van der Waals surface area contributed by atoms with Crippen molar-refractivity contribution in [2.24, 2.45) is 5.92 Å². The van der Waals surface area contributed by atoms with Crippen LogP contribution in [-0.2, 0) is 11.4 Å². The van der Waals surface area contributed by atoms with Crippen LogP contribution in [0, 0.1) is 5.92 Å². The summed E-state index contributed by atoms with van der Waals surface area (Å²) in [7, 11) is 0. The second-order valence-corrected chi connectivity index (χ2v) is 7.51. The van der Waals surface area contributed by atoms with Crippen molar-refractivity contribution in [1.82, 2.24) is 15.3 Å². The van der Waals surface area contributed by atoms with Crippen molar-refractivity contribution in [1.29, 1.82) is 0 Å². The van der Waals surface area contributed by atoms with Gasteiger partial charge in [-0.15, -0.1) is 0 Å². The summed E-state index contributed by atoms with van der Waals surface area (Å²) in [6, 6.07) is 17.2. The first-order chi connectivity index (χ1) is 14.2. The van der Waals surface area contributed by atoms with Crippen molar-refractivity contribution in [3.8, 4) is 5.75 Å². The molecule has 4 rings (SSSR count). The first-order valence-electron chi connectivity index (χ1n) is 9.74. The summed E-state index contributed by atoms with van der Waals surface area (Å²) in [5.74, 6) is 0.804. The minimum Gasteiger partial charge on any atom is -0.489 e. The first kappa shape index (κ1) is 19.4. The lowest BCUT2D eigenvalue weighted by atomic mass is 9.84. The molecule has 0 spiro atoms. The van der Waals surface area contributed by atoms with Crippen LogP contribution in [0.25, 0.3) is 0 Å².